The summed E-state index contributed by atoms with van der Waals surface area (Å²) in [5.74, 6) is -0.342. The Morgan fingerprint density at radius 3 is 2.52 bits per heavy atom. The van der Waals surface area contributed by atoms with Gasteiger partial charge in [-0.3, -0.25) is 9.59 Å². The van der Waals surface area contributed by atoms with Crippen LogP contribution in [0.1, 0.15) is 48.3 Å². The molecular weight excluding hydrogens is 414 g/mol. The molecule has 0 bridgehead atoms. The van der Waals surface area contributed by atoms with Crippen LogP contribution in [-0.2, 0) is 11.3 Å². The molecule has 0 unspecified atom stereocenters. The Hall–Kier alpha value is -4.00. The molecule has 2 heterocycles. The molecule has 2 amide bonds. The second-order valence-electron chi connectivity index (χ2n) is 8.41. The number of benzene rings is 2. The number of anilines is 1. The second kappa shape index (κ2) is 9.24. The number of pyridine rings is 1. The van der Waals surface area contributed by atoms with E-state index in [1.807, 2.05) is 80.1 Å². The van der Waals surface area contributed by atoms with Crippen LogP contribution in [0.4, 0.5) is 5.69 Å². The number of rotatable bonds is 6. The number of nitrogens with zero attached hydrogens (tertiary/aromatic N) is 3. The van der Waals surface area contributed by atoms with Crippen LogP contribution in [0.2, 0.25) is 0 Å². The van der Waals surface area contributed by atoms with E-state index in [4.69, 9.17) is 4.98 Å². The third-order valence-corrected chi connectivity index (χ3v) is 5.35. The van der Waals surface area contributed by atoms with Crippen LogP contribution in [0.15, 0.2) is 60.8 Å². The SMILES string of the molecule is CC(=O)Nc1cccc(CNC(=O)c2cc(-c3ccc(C)cc3)nc3c2cnn3C(C)C)c1. The van der Waals surface area contributed by atoms with Crippen LogP contribution >= 0.6 is 0 Å². The van der Waals surface area contributed by atoms with Crippen LogP contribution in [0.3, 0.4) is 0 Å². The van der Waals surface area contributed by atoms with Gasteiger partial charge in [0.05, 0.1) is 22.8 Å². The summed E-state index contributed by atoms with van der Waals surface area (Å²) in [6.45, 7) is 7.90. The van der Waals surface area contributed by atoms with Crippen LogP contribution in [0.25, 0.3) is 22.3 Å². The highest BCUT2D eigenvalue weighted by Gasteiger charge is 2.18. The monoisotopic (exact) mass is 441 g/mol. The van der Waals surface area contributed by atoms with Crippen molar-refractivity contribution in [2.45, 2.75) is 40.3 Å². The summed E-state index contributed by atoms with van der Waals surface area (Å²) in [5.41, 5.74) is 5.61. The highest BCUT2D eigenvalue weighted by molar-refractivity contribution is 6.06. The molecule has 0 saturated heterocycles. The minimum atomic E-state index is -0.205. The lowest BCUT2D eigenvalue weighted by molar-refractivity contribution is -0.114. The maximum atomic E-state index is 13.3. The quantitative estimate of drug-likeness (QED) is 0.446. The first-order chi connectivity index (χ1) is 15.8. The number of hydrogen-bond donors (Lipinski definition) is 2. The Balaban J connectivity index is 1.68. The van der Waals surface area contributed by atoms with E-state index in [0.717, 1.165) is 22.4 Å². The number of hydrogen-bond acceptors (Lipinski definition) is 4. The Kier molecular flexibility index (Phi) is 6.22. The third kappa shape index (κ3) is 4.92. The summed E-state index contributed by atoms with van der Waals surface area (Å²) in [6, 6.07) is 17.4. The van der Waals surface area contributed by atoms with Gasteiger partial charge >= 0.3 is 0 Å². The van der Waals surface area contributed by atoms with Gasteiger partial charge in [0.1, 0.15) is 0 Å². The molecule has 33 heavy (non-hydrogen) atoms. The number of fused-ring (bicyclic) bond motifs is 1. The van der Waals surface area contributed by atoms with Crippen molar-refractivity contribution >= 4 is 28.5 Å². The van der Waals surface area contributed by atoms with Gasteiger partial charge in [0.25, 0.3) is 5.91 Å². The normalized spacial score (nSPS) is 11.1. The third-order valence-electron chi connectivity index (χ3n) is 5.35. The van der Waals surface area contributed by atoms with E-state index in [2.05, 4.69) is 15.7 Å². The smallest absolute Gasteiger partial charge is 0.252 e. The topological polar surface area (TPSA) is 88.9 Å². The van der Waals surface area contributed by atoms with Crippen LogP contribution in [-0.4, -0.2) is 26.6 Å². The summed E-state index contributed by atoms with van der Waals surface area (Å²) in [6.07, 6.45) is 1.70. The fourth-order valence-electron chi connectivity index (χ4n) is 3.70. The van der Waals surface area contributed by atoms with Gasteiger partial charge in [-0.15, -0.1) is 0 Å². The molecule has 4 rings (SSSR count). The van der Waals surface area contributed by atoms with Crippen molar-refractivity contribution < 1.29 is 9.59 Å². The Labute approximate surface area is 192 Å². The molecule has 7 heteroatoms. The van der Waals surface area contributed by atoms with Crippen molar-refractivity contribution in [3.05, 3.63) is 77.5 Å². The average molecular weight is 442 g/mol. The minimum absolute atomic E-state index is 0.107. The molecule has 4 aromatic rings. The molecule has 0 fully saturated rings. The van der Waals surface area contributed by atoms with E-state index in [1.165, 1.54) is 6.92 Å². The van der Waals surface area contributed by atoms with Gasteiger partial charge in [0, 0.05) is 30.8 Å². The number of amides is 2. The lowest BCUT2D eigenvalue weighted by Gasteiger charge is -2.12. The number of carbonyl (C=O) groups excluding carboxylic acids is 2. The number of aromatic nitrogens is 3. The first-order valence-corrected chi connectivity index (χ1v) is 10.9. The van der Waals surface area contributed by atoms with Crippen molar-refractivity contribution in [2.24, 2.45) is 0 Å². The summed E-state index contributed by atoms with van der Waals surface area (Å²) in [5, 5.41) is 10.9. The Morgan fingerprint density at radius 1 is 1.06 bits per heavy atom. The fraction of sp³-hybridized carbons (Fsp3) is 0.231. The number of nitrogens with one attached hydrogen (secondary N) is 2. The van der Waals surface area contributed by atoms with E-state index < -0.39 is 0 Å². The van der Waals surface area contributed by atoms with E-state index in [0.29, 0.717) is 28.8 Å². The molecule has 0 atom stereocenters. The standard InChI is InChI=1S/C26H27N5O2/c1-16(2)31-25-23(15-28-31)22(13-24(30-25)20-10-8-17(3)9-11-20)26(33)27-14-19-6-5-7-21(12-19)29-18(4)32/h5-13,15-16H,14H2,1-4H3,(H,27,33)(H,29,32). The summed E-state index contributed by atoms with van der Waals surface area (Å²) >= 11 is 0. The van der Waals surface area contributed by atoms with E-state index in [9.17, 15) is 9.59 Å². The maximum absolute atomic E-state index is 13.3. The fourth-order valence-corrected chi connectivity index (χ4v) is 3.70. The van der Waals surface area contributed by atoms with Crippen molar-refractivity contribution in [2.75, 3.05) is 5.32 Å². The summed E-state index contributed by atoms with van der Waals surface area (Å²) in [7, 11) is 0. The molecule has 0 spiro atoms. The maximum Gasteiger partial charge on any atom is 0.252 e. The predicted octanol–water partition coefficient (Wildman–Crippen LogP) is 4.88. The number of carbonyl (C=O) groups is 2. The molecule has 0 aliphatic heterocycles. The van der Waals surface area contributed by atoms with E-state index in [-0.39, 0.29) is 17.9 Å². The van der Waals surface area contributed by atoms with Crippen LogP contribution in [0.5, 0.6) is 0 Å². The molecule has 168 valence electrons. The summed E-state index contributed by atoms with van der Waals surface area (Å²) in [4.78, 5) is 29.4. The zero-order chi connectivity index (χ0) is 23.5. The van der Waals surface area contributed by atoms with Gasteiger partial charge in [-0.2, -0.15) is 5.10 Å². The summed E-state index contributed by atoms with van der Waals surface area (Å²) < 4.78 is 1.83. The first-order valence-electron chi connectivity index (χ1n) is 10.9. The van der Waals surface area contributed by atoms with Crippen molar-refractivity contribution in [3.8, 4) is 11.3 Å². The highest BCUT2D eigenvalue weighted by atomic mass is 16.2. The van der Waals surface area contributed by atoms with Crippen molar-refractivity contribution in [3.63, 3.8) is 0 Å². The first kappa shape index (κ1) is 22.2. The van der Waals surface area contributed by atoms with Gasteiger partial charge in [0.2, 0.25) is 5.91 Å². The van der Waals surface area contributed by atoms with Gasteiger partial charge in [0.15, 0.2) is 5.65 Å². The molecule has 0 aliphatic rings. The number of aryl methyl sites for hydroxylation is 1. The zero-order valence-corrected chi connectivity index (χ0v) is 19.2. The largest absolute Gasteiger partial charge is 0.348 e. The van der Waals surface area contributed by atoms with E-state index >= 15 is 0 Å². The van der Waals surface area contributed by atoms with Crippen LogP contribution in [0, 0.1) is 6.92 Å². The lowest BCUT2D eigenvalue weighted by Crippen LogP contribution is -2.23. The predicted molar refractivity (Wildman–Crippen MR) is 130 cm³/mol. The molecule has 0 saturated carbocycles. The van der Waals surface area contributed by atoms with Gasteiger partial charge in [-0.25, -0.2) is 9.67 Å². The molecule has 7 nitrogen and oxygen atoms in total. The molecule has 0 radical (unpaired) electrons. The Morgan fingerprint density at radius 2 is 1.82 bits per heavy atom. The second-order valence-corrected chi connectivity index (χ2v) is 8.41. The average Bonchev–Trinajstić information content (AvgIpc) is 3.21. The van der Waals surface area contributed by atoms with Gasteiger partial charge in [-0.1, -0.05) is 42.0 Å². The lowest BCUT2D eigenvalue weighted by atomic mass is 10.0. The highest BCUT2D eigenvalue weighted by Crippen LogP contribution is 2.26. The van der Waals surface area contributed by atoms with Crippen molar-refractivity contribution in [1.82, 2.24) is 20.1 Å². The van der Waals surface area contributed by atoms with Gasteiger partial charge in [-0.05, 0) is 44.5 Å². The van der Waals surface area contributed by atoms with Crippen molar-refractivity contribution in [1.29, 1.82) is 0 Å². The Bertz CT molecular complexity index is 1320. The molecule has 0 aliphatic carbocycles. The van der Waals surface area contributed by atoms with Gasteiger partial charge < -0.3 is 10.6 Å². The van der Waals surface area contributed by atoms with E-state index in [1.54, 1.807) is 6.20 Å². The molecule has 2 aromatic carbocycles. The zero-order valence-electron chi connectivity index (χ0n) is 19.2. The minimum Gasteiger partial charge on any atom is -0.348 e. The molecular formula is C26H27N5O2. The molecule has 2 aromatic heterocycles. The molecule has 2 N–H and O–H groups in total. The van der Waals surface area contributed by atoms with Crippen LogP contribution < -0.4 is 10.6 Å².